The molecule has 1 aromatic carbocycles. The van der Waals surface area contributed by atoms with Crippen LogP contribution in [0.15, 0.2) is 30.3 Å². The van der Waals surface area contributed by atoms with Gasteiger partial charge in [0.2, 0.25) is 0 Å². The Kier molecular flexibility index (Phi) is 4.82. The smallest absolute Gasteiger partial charge is 0.154 e. The van der Waals surface area contributed by atoms with Crippen LogP contribution in [0.4, 0.5) is 0 Å². The van der Waals surface area contributed by atoms with Crippen LogP contribution in [-0.4, -0.2) is 50.5 Å². The first-order valence-corrected chi connectivity index (χ1v) is 9.75. The molecule has 0 aromatic heterocycles. The Labute approximate surface area is 133 Å². The largest absolute Gasteiger partial charge is 0.302 e. The van der Waals surface area contributed by atoms with Crippen LogP contribution in [0, 0.1) is 5.92 Å². The average Bonchev–Trinajstić information content (AvgIpc) is 2.93. The minimum atomic E-state index is -2.90. The molecule has 0 saturated carbocycles. The molecular weight excluding hydrogens is 298 g/mol. The van der Waals surface area contributed by atoms with Gasteiger partial charge >= 0.3 is 0 Å². The van der Waals surface area contributed by atoms with Gasteiger partial charge in [0.05, 0.1) is 17.0 Å². The minimum absolute atomic E-state index is 0.206. The van der Waals surface area contributed by atoms with Crippen molar-refractivity contribution in [2.45, 2.75) is 24.6 Å². The molecule has 2 aliphatic rings. The van der Waals surface area contributed by atoms with Gasteiger partial charge in [-0.1, -0.05) is 30.3 Å². The van der Waals surface area contributed by atoms with E-state index in [0.717, 1.165) is 26.1 Å². The lowest BCUT2D eigenvalue weighted by molar-refractivity contribution is 0.238. The molecule has 22 heavy (non-hydrogen) atoms. The first-order chi connectivity index (χ1) is 10.6. The molecule has 2 fully saturated rings. The second-order valence-corrected chi connectivity index (χ2v) is 8.98. The van der Waals surface area contributed by atoms with Crippen molar-refractivity contribution in [3.05, 3.63) is 35.9 Å². The van der Waals surface area contributed by atoms with Crippen molar-refractivity contribution < 1.29 is 8.42 Å². The maximum atomic E-state index is 12.0. The lowest BCUT2D eigenvalue weighted by Crippen LogP contribution is -2.35. The molecule has 5 nitrogen and oxygen atoms in total. The monoisotopic (exact) mass is 323 g/mol. The van der Waals surface area contributed by atoms with Crippen molar-refractivity contribution in [2.24, 2.45) is 5.92 Å². The van der Waals surface area contributed by atoms with Crippen molar-refractivity contribution in [3.8, 4) is 0 Å². The van der Waals surface area contributed by atoms with Gasteiger partial charge in [-0.05, 0) is 25.5 Å². The zero-order chi connectivity index (χ0) is 15.6. The lowest BCUT2D eigenvalue weighted by atomic mass is 9.94. The molecule has 122 valence electrons. The molecular formula is C16H25N3O2S. The number of rotatable bonds is 3. The second-order valence-electron chi connectivity index (χ2n) is 6.44. The van der Waals surface area contributed by atoms with Gasteiger partial charge in [-0.2, -0.15) is 0 Å². The van der Waals surface area contributed by atoms with Crippen molar-refractivity contribution in [1.82, 2.24) is 15.8 Å². The van der Waals surface area contributed by atoms with E-state index in [1.54, 1.807) is 0 Å². The number of nitrogens with zero attached hydrogens (tertiary/aromatic N) is 1. The molecule has 1 aromatic rings. The highest BCUT2D eigenvalue weighted by Crippen LogP contribution is 2.26. The van der Waals surface area contributed by atoms with Crippen LogP contribution in [0.3, 0.4) is 0 Å². The summed E-state index contributed by atoms with van der Waals surface area (Å²) in [6, 6.07) is 10.7. The summed E-state index contributed by atoms with van der Waals surface area (Å²) >= 11 is 0. The van der Waals surface area contributed by atoms with Gasteiger partial charge in [-0.25, -0.2) is 13.8 Å². The van der Waals surface area contributed by atoms with Crippen LogP contribution in [0.5, 0.6) is 0 Å². The molecule has 0 spiro atoms. The molecule has 6 heteroatoms. The standard InChI is InChI=1S/C16H25N3O2S/c1-13-7-8-19(9-10-22(13,20)21)12-15-11-17-18-16(15)14-5-3-2-4-6-14/h2-6,13,15-18H,7-12H2,1H3. The van der Waals surface area contributed by atoms with Crippen molar-refractivity contribution >= 4 is 9.84 Å². The second kappa shape index (κ2) is 6.66. The lowest BCUT2D eigenvalue weighted by Gasteiger charge is -2.26. The third-order valence-corrected chi connectivity index (χ3v) is 7.11. The molecule has 0 bridgehead atoms. The molecule has 3 atom stereocenters. The maximum absolute atomic E-state index is 12.0. The molecule has 0 aliphatic carbocycles. The highest BCUT2D eigenvalue weighted by molar-refractivity contribution is 7.92. The fourth-order valence-electron chi connectivity index (χ4n) is 3.35. The number of sulfone groups is 1. The Bertz CT molecular complexity index is 591. The molecule has 3 unspecified atom stereocenters. The van der Waals surface area contributed by atoms with E-state index in [4.69, 9.17) is 0 Å². The summed E-state index contributed by atoms with van der Waals surface area (Å²) < 4.78 is 24.0. The number of hydrogen-bond acceptors (Lipinski definition) is 5. The normalized spacial score (nSPS) is 32.7. The molecule has 3 rings (SSSR count). The van der Waals surface area contributed by atoms with Gasteiger partial charge in [0.15, 0.2) is 9.84 Å². The topological polar surface area (TPSA) is 61.4 Å². The van der Waals surface area contributed by atoms with E-state index < -0.39 is 9.84 Å². The van der Waals surface area contributed by atoms with Crippen molar-refractivity contribution in [3.63, 3.8) is 0 Å². The number of nitrogens with one attached hydrogen (secondary N) is 2. The quantitative estimate of drug-likeness (QED) is 0.868. The van der Waals surface area contributed by atoms with E-state index in [9.17, 15) is 8.42 Å². The van der Waals surface area contributed by atoms with E-state index in [1.165, 1.54) is 5.56 Å². The summed E-state index contributed by atoms with van der Waals surface area (Å²) in [5.41, 5.74) is 7.90. The summed E-state index contributed by atoms with van der Waals surface area (Å²) in [6.45, 7) is 5.22. The molecule has 0 radical (unpaired) electrons. The average molecular weight is 323 g/mol. The number of hydrazine groups is 1. The highest BCUT2D eigenvalue weighted by Gasteiger charge is 2.32. The van der Waals surface area contributed by atoms with Gasteiger partial charge in [0.1, 0.15) is 0 Å². The molecule has 2 saturated heterocycles. The first-order valence-electron chi connectivity index (χ1n) is 8.03. The Morgan fingerprint density at radius 2 is 2.00 bits per heavy atom. The molecule has 2 N–H and O–H groups in total. The van der Waals surface area contributed by atoms with Crippen LogP contribution in [0.1, 0.15) is 24.9 Å². The number of hydrogen-bond donors (Lipinski definition) is 2. The van der Waals surface area contributed by atoms with E-state index in [2.05, 4.69) is 40.0 Å². The summed E-state index contributed by atoms with van der Waals surface area (Å²) in [6.07, 6.45) is 0.742. The SMILES string of the molecule is CC1CCN(CC2CNNC2c2ccccc2)CCS1(=O)=O. The number of benzene rings is 1. The van der Waals surface area contributed by atoms with E-state index in [0.29, 0.717) is 18.5 Å². The highest BCUT2D eigenvalue weighted by atomic mass is 32.2. The fraction of sp³-hybridized carbons (Fsp3) is 0.625. The van der Waals surface area contributed by atoms with Gasteiger partial charge in [-0.15, -0.1) is 0 Å². The van der Waals surface area contributed by atoms with Gasteiger partial charge in [-0.3, -0.25) is 5.43 Å². The van der Waals surface area contributed by atoms with E-state index in [-0.39, 0.29) is 11.0 Å². The molecule has 2 aliphatic heterocycles. The summed E-state index contributed by atoms with van der Waals surface area (Å²) in [5, 5.41) is -0.206. The van der Waals surface area contributed by atoms with Crippen LogP contribution in [0.25, 0.3) is 0 Å². The van der Waals surface area contributed by atoms with Gasteiger partial charge in [0, 0.05) is 25.6 Å². The maximum Gasteiger partial charge on any atom is 0.154 e. The fourth-order valence-corrected chi connectivity index (χ4v) is 4.73. The zero-order valence-electron chi connectivity index (χ0n) is 13.0. The van der Waals surface area contributed by atoms with E-state index in [1.807, 2.05) is 13.0 Å². The Balaban J connectivity index is 1.65. The Morgan fingerprint density at radius 3 is 2.77 bits per heavy atom. The Hall–Kier alpha value is -0.950. The predicted molar refractivity (Wildman–Crippen MR) is 88.1 cm³/mol. The van der Waals surface area contributed by atoms with Crippen LogP contribution >= 0.6 is 0 Å². The van der Waals surface area contributed by atoms with Crippen LogP contribution < -0.4 is 10.9 Å². The third-order valence-electron chi connectivity index (χ3n) is 4.90. The summed E-state index contributed by atoms with van der Waals surface area (Å²) in [7, 11) is -2.90. The Morgan fingerprint density at radius 1 is 1.23 bits per heavy atom. The summed E-state index contributed by atoms with van der Waals surface area (Å²) in [5.74, 6) is 0.746. The van der Waals surface area contributed by atoms with E-state index >= 15 is 0 Å². The van der Waals surface area contributed by atoms with Crippen molar-refractivity contribution in [2.75, 3.05) is 31.9 Å². The minimum Gasteiger partial charge on any atom is -0.302 e. The third kappa shape index (κ3) is 3.51. The van der Waals surface area contributed by atoms with Crippen molar-refractivity contribution in [1.29, 1.82) is 0 Å². The summed E-state index contributed by atoms with van der Waals surface area (Å²) in [4.78, 5) is 2.32. The van der Waals surface area contributed by atoms with Gasteiger partial charge in [0.25, 0.3) is 0 Å². The first kappa shape index (κ1) is 15.9. The molecule has 2 heterocycles. The zero-order valence-corrected chi connectivity index (χ0v) is 13.8. The van der Waals surface area contributed by atoms with Crippen LogP contribution in [-0.2, 0) is 9.84 Å². The molecule has 0 amide bonds. The predicted octanol–water partition coefficient (Wildman–Crippen LogP) is 0.961. The van der Waals surface area contributed by atoms with Crippen LogP contribution in [0.2, 0.25) is 0 Å². The van der Waals surface area contributed by atoms with Gasteiger partial charge < -0.3 is 4.90 Å².